The van der Waals surface area contributed by atoms with E-state index in [1.165, 1.54) is 26.4 Å². The zero-order chi connectivity index (χ0) is 21.2. The number of aryl methyl sites for hydroxylation is 1. The molecule has 2 aliphatic rings. The van der Waals surface area contributed by atoms with Crippen LogP contribution in [0.15, 0.2) is 35.4 Å². The molecular weight excluding hydrogens is 372 g/mol. The van der Waals surface area contributed by atoms with Gasteiger partial charge in [0.25, 0.3) is 0 Å². The Labute approximate surface area is 167 Å². The zero-order valence-electron chi connectivity index (χ0n) is 16.8. The largest absolute Gasteiger partial charge is 0.507 e. The number of ether oxygens (including phenoxy) is 2. The van der Waals surface area contributed by atoms with E-state index in [0.717, 1.165) is 0 Å². The smallest absolute Gasteiger partial charge is 0.201 e. The Bertz CT molecular complexity index is 1160. The number of carbonyl (C=O) groups excluding carboxylic acids is 3. The van der Waals surface area contributed by atoms with Crippen LogP contribution in [0.1, 0.15) is 56.0 Å². The molecule has 1 N–H and O–H groups in total. The van der Waals surface area contributed by atoms with Gasteiger partial charge in [0.15, 0.2) is 11.6 Å². The molecule has 29 heavy (non-hydrogen) atoms. The molecule has 0 radical (unpaired) electrons. The Morgan fingerprint density at radius 2 is 1.41 bits per heavy atom. The summed E-state index contributed by atoms with van der Waals surface area (Å²) in [5.74, 6) is -0.989. The third-order valence-electron chi connectivity index (χ3n) is 5.80. The van der Waals surface area contributed by atoms with Crippen molar-refractivity contribution in [3.05, 3.63) is 63.2 Å². The van der Waals surface area contributed by atoms with Crippen molar-refractivity contribution < 1.29 is 29.0 Å². The highest BCUT2D eigenvalue weighted by molar-refractivity contribution is 6.41. The van der Waals surface area contributed by atoms with Gasteiger partial charge in [-0.2, -0.15) is 0 Å². The van der Waals surface area contributed by atoms with Crippen LogP contribution in [0.2, 0.25) is 0 Å². The molecule has 0 fully saturated rings. The normalized spacial score (nSPS) is 16.9. The van der Waals surface area contributed by atoms with Crippen LogP contribution in [-0.4, -0.2) is 36.7 Å². The lowest BCUT2D eigenvalue weighted by Crippen LogP contribution is -2.40. The lowest BCUT2D eigenvalue weighted by molar-refractivity contribution is 0.0908. The Hall–Kier alpha value is -3.41. The topological polar surface area (TPSA) is 89.9 Å². The third-order valence-corrected chi connectivity index (χ3v) is 5.80. The number of phenols is 1. The fourth-order valence-corrected chi connectivity index (χ4v) is 4.36. The van der Waals surface area contributed by atoms with Crippen molar-refractivity contribution in [2.75, 3.05) is 14.2 Å². The van der Waals surface area contributed by atoms with Crippen molar-refractivity contribution in [2.24, 2.45) is 0 Å². The minimum Gasteiger partial charge on any atom is -0.507 e. The standard InChI is InChI=1S/C23H20O6/c1-10-6-11(28-4)7-13-16(10)21(26)18-19(20(13)25)23(2,3)14-8-12(29-5)9-15(24)17(14)22(18)27/h6-9,24H,1-5H3. The molecule has 0 atom stereocenters. The fraction of sp³-hybridized carbons (Fsp3) is 0.261. The minimum absolute atomic E-state index is 0.0327. The minimum atomic E-state index is -0.994. The van der Waals surface area contributed by atoms with Crippen molar-refractivity contribution in [1.29, 1.82) is 0 Å². The van der Waals surface area contributed by atoms with E-state index in [0.29, 0.717) is 22.6 Å². The van der Waals surface area contributed by atoms with Crippen molar-refractivity contribution in [1.82, 2.24) is 0 Å². The Morgan fingerprint density at radius 3 is 2.03 bits per heavy atom. The Kier molecular flexibility index (Phi) is 3.94. The van der Waals surface area contributed by atoms with Crippen LogP contribution in [0.3, 0.4) is 0 Å². The van der Waals surface area contributed by atoms with E-state index in [9.17, 15) is 19.5 Å². The molecule has 0 saturated heterocycles. The molecule has 148 valence electrons. The quantitative estimate of drug-likeness (QED) is 0.786. The number of aromatic hydroxyl groups is 1. The maximum absolute atomic E-state index is 13.5. The van der Waals surface area contributed by atoms with Gasteiger partial charge in [-0.1, -0.05) is 13.8 Å². The molecule has 2 aromatic rings. The van der Waals surface area contributed by atoms with Gasteiger partial charge < -0.3 is 14.6 Å². The van der Waals surface area contributed by atoms with Gasteiger partial charge in [0.1, 0.15) is 17.2 Å². The van der Waals surface area contributed by atoms with E-state index < -0.39 is 17.0 Å². The highest BCUT2D eigenvalue weighted by Crippen LogP contribution is 2.49. The van der Waals surface area contributed by atoms with Crippen LogP contribution in [0, 0.1) is 6.92 Å². The van der Waals surface area contributed by atoms with Gasteiger partial charge in [-0.3, -0.25) is 14.4 Å². The first-order valence-electron chi connectivity index (χ1n) is 9.12. The third kappa shape index (κ3) is 2.38. The van der Waals surface area contributed by atoms with E-state index in [4.69, 9.17) is 9.47 Å². The molecule has 6 heteroatoms. The predicted molar refractivity (Wildman–Crippen MR) is 105 cm³/mol. The summed E-state index contributed by atoms with van der Waals surface area (Å²) in [6.07, 6.45) is 0. The number of fused-ring (bicyclic) bond motifs is 2. The number of methoxy groups -OCH3 is 2. The van der Waals surface area contributed by atoms with Gasteiger partial charge in [-0.05, 0) is 36.2 Å². The number of allylic oxidation sites excluding steroid dienone is 2. The molecule has 0 spiro atoms. The number of phenolic OH excluding ortho intramolecular Hbond substituents is 1. The molecule has 0 saturated carbocycles. The first-order chi connectivity index (χ1) is 13.6. The molecule has 2 aliphatic carbocycles. The molecule has 0 amide bonds. The van der Waals surface area contributed by atoms with Crippen LogP contribution in [-0.2, 0) is 5.41 Å². The lowest BCUT2D eigenvalue weighted by Gasteiger charge is -2.38. The van der Waals surface area contributed by atoms with E-state index in [1.54, 1.807) is 32.9 Å². The summed E-state index contributed by atoms with van der Waals surface area (Å²) in [5.41, 5.74) is 0.428. The number of hydrogen-bond donors (Lipinski definition) is 1. The number of carbonyl (C=O) groups is 3. The van der Waals surface area contributed by atoms with Crippen molar-refractivity contribution in [2.45, 2.75) is 26.2 Å². The van der Waals surface area contributed by atoms with Crippen molar-refractivity contribution in [3.8, 4) is 17.2 Å². The molecule has 4 rings (SSSR count). The monoisotopic (exact) mass is 392 g/mol. The molecule has 2 aromatic carbocycles. The van der Waals surface area contributed by atoms with Crippen LogP contribution in [0.5, 0.6) is 17.2 Å². The first kappa shape index (κ1) is 18.9. The average Bonchev–Trinajstić information content (AvgIpc) is 2.67. The second-order valence-electron chi connectivity index (χ2n) is 7.80. The fourth-order valence-electron chi connectivity index (χ4n) is 4.36. The second-order valence-corrected chi connectivity index (χ2v) is 7.80. The molecule has 0 bridgehead atoms. The highest BCUT2D eigenvalue weighted by atomic mass is 16.5. The van der Waals surface area contributed by atoms with Crippen LogP contribution in [0.4, 0.5) is 0 Å². The van der Waals surface area contributed by atoms with Crippen LogP contribution >= 0.6 is 0 Å². The predicted octanol–water partition coefficient (Wildman–Crippen LogP) is 3.57. The molecule has 0 aliphatic heterocycles. The number of rotatable bonds is 2. The number of benzene rings is 2. The van der Waals surface area contributed by atoms with Gasteiger partial charge in [0.05, 0.1) is 25.4 Å². The molecule has 0 heterocycles. The van der Waals surface area contributed by atoms with Crippen molar-refractivity contribution >= 4 is 17.3 Å². The summed E-state index contributed by atoms with van der Waals surface area (Å²) in [7, 11) is 2.93. The highest BCUT2D eigenvalue weighted by Gasteiger charge is 2.49. The molecule has 6 nitrogen and oxygen atoms in total. The van der Waals surface area contributed by atoms with Crippen molar-refractivity contribution in [3.63, 3.8) is 0 Å². The summed E-state index contributed by atoms with van der Waals surface area (Å²) >= 11 is 0. The summed E-state index contributed by atoms with van der Waals surface area (Å²) in [6, 6.07) is 6.15. The van der Waals surface area contributed by atoms with Gasteiger partial charge in [0.2, 0.25) is 5.78 Å². The first-order valence-corrected chi connectivity index (χ1v) is 9.12. The van der Waals surface area contributed by atoms with Crippen LogP contribution < -0.4 is 9.47 Å². The maximum Gasteiger partial charge on any atom is 0.201 e. The SMILES string of the molecule is COc1cc(C)c2c(c1)C(=O)C1=C(C2=O)C(=O)c2c(O)cc(OC)cc2C1(C)C. The average molecular weight is 392 g/mol. The number of ketones is 3. The number of Topliss-reactive ketones (excluding diaryl/α,β-unsaturated/α-hetero) is 3. The zero-order valence-corrected chi connectivity index (χ0v) is 16.8. The molecule has 0 unspecified atom stereocenters. The number of hydrogen-bond acceptors (Lipinski definition) is 6. The van der Waals surface area contributed by atoms with Gasteiger partial charge in [-0.15, -0.1) is 0 Å². The van der Waals surface area contributed by atoms with E-state index in [2.05, 4.69) is 0 Å². The van der Waals surface area contributed by atoms with Gasteiger partial charge in [-0.25, -0.2) is 0 Å². The van der Waals surface area contributed by atoms with E-state index in [1.807, 2.05) is 0 Å². The summed E-state index contributed by atoms with van der Waals surface area (Å²) in [6.45, 7) is 5.22. The summed E-state index contributed by atoms with van der Waals surface area (Å²) < 4.78 is 10.5. The summed E-state index contributed by atoms with van der Waals surface area (Å²) in [4.78, 5) is 40.2. The summed E-state index contributed by atoms with van der Waals surface area (Å²) in [5, 5.41) is 10.5. The van der Waals surface area contributed by atoms with Gasteiger partial charge in [0, 0.05) is 28.2 Å². The second kappa shape index (κ2) is 6.04. The van der Waals surface area contributed by atoms with Gasteiger partial charge >= 0.3 is 0 Å². The van der Waals surface area contributed by atoms with E-state index in [-0.39, 0.29) is 39.4 Å². The molecular formula is C23H20O6. The molecule has 0 aromatic heterocycles. The Balaban J connectivity index is 2.05. The van der Waals surface area contributed by atoms with Crippen LogP contribution in [0.25, 0.3) is 0 Å². The maximum atomic E-state index is 13.5. The Morgan fingerprint density at radius 1 is 0.828 bits per heavy atom. The van der Waals surface area contributed by atoms with E-state index >= 15 is 0 Å². The lowest BCUT2D eigenvalue weighted by atomic mass is 9.62.